The minimum Gasteiger partial charge on any atom is -0.468 e. The number of thiazole rings is 1. The lowest BCUT2D eigenvalue weighted by Crippen LogP contribution is -2.40. The van der Waals surface area contributed by atoms with Crippen molar-refractivity contribution in [2.75, 3.05) is 11.8 Å². The smallest absolute Gasteiger partial charge is 0.357 e. The van der Waals surface area contributed by atoms with Crippen molar-refractivity contribution in [3.05, 3.63) is 92.6 Å². The summed E-state index contributed by atoms with van der Waals surface area (Å²) in [5, 5.41) is 5.46. The summed E-state index contributed by atoms with van der Waals surface area (Å²) in [6.45, 7) is 0. The average Bonchev–Trinajstić information content (AvgIpc) is 3.56. The third kappa shape index (κ3) is 8.10. The summed E-state index contributed by atoms with van der Waals surface area (Å²) >= 11 is 8.84. The summed E-state index contributed by atoms with van der Waals surface area (Å²) < 4.78 is 38.8. The van der Waals surface area contributed by atoms with Gasteiger partial charge < -0.3 is 10.1 Å². The molecule has 2 heterocycles. The van der Waals surface area contributed by atoms with E-state index in [2.05, 4.69) is 5.32 Å². The van der Waals surface area contributed by atoms with Gasteiger partial charge >= 0.3 is 16.3 Å². The Morgan fingerprint density at radius 1 is 1.03 bits per heavy atom. The van der Waals surface area contributed by atoms with Crippen LogP contribution in [0.2, 0.25) is 4.34 Å². The van der Waals surface area contributed by atoms with Crippen molar-refractivity contribution in [3.8, 4) is 10.6 Å². The third-order valence-electron chi connectivity index (χ3n) is 5.69. The number of amides is 1. The van der Waals surface area contributed by atoms with Gasteiger partial charge in [0.25, 0.3) is 0 Å². The first kappa shape index (κ1) is 28.7. The predicted molar refractivity (Wildman–Crippen MR) is 152 cm³/mol. The molecule has 0 spiro atoms. The second-order valence-corrected chi connectivity index (χ2v) is 12.2. The average molecular weight is 606 g/mol. The molecule has 0 fully saturated rings. The SMILES string of the molecule is COC(=O)[C@@H](Cc1ccccc1)C(=O)NC(Cc1ccc(NS(=O)(=O)O)cc1)c1nc(-c2ccc(Cl)s2)cs1. The van der Waals surface area contributed by atoms with Crippen LogP contribution in [0.4, 0.5) is 5.69 Å². The topological polar surface area (TPSA) is 135 Å². The van der Waals surface area contributed by atoms with Gasteiger partial charge in [0.05, 0.1) is 33.7 Å². The van der Waals surface area contributed by atoms with E-state index in [0.717, 1.165) is 16.0 Å². The van der Waals surface area contributed by atoms with Gasteiger partial charge in [-0.05, 0) is 48.2 Å². The van der Waals surface area contributed by atoms with Gasteiger partial charge in [-0.3, -0.25) is 18.9 Å². The van der Waals surface area contributed by atoms with Crippen LogP contribution >= 0.6 is 34.3 Å². The van der Waals surface area contributed by atoms with Gasteiger partial charge in [0, 0.05) is 5.38 Å². The van der Waals surface area contributed by atoms with Gasteiger partial charge in [0.2, 0.25) is 5.91 Å². The molecule has 3 N–H and O–H groups in total. The van der Waals surface area contributed by atoms with Crippen molar-refractivity contribution in [1.82, 2.24) is 10.3 Å². The van der Waals surface area contributed by atoms with Crippen LogP contribution in [-0.2, 0) is 37.5 Å². The number of hydrogen-bond donors (Lipinski definition) is 3. The molecule has 39 heavy (non-hydrogen) atoms. The minimum atomic E-state index is -4.41. The zero-order valence-corrected chi connectivity index (χ0v) is 23.7. The number of methoxy groups -OCH3 is 1. The van der Waals surface area contributed by atoms with Gasteiger partial charge in [-0.2, -0.15) is 8.42 Å². The molecule has 2 atom stereocenters. The fourth-order valence-corrected chi connectivity index (χ4v) is 6.24. The van der Waals surface area contributed by atoms with E-state index in [-0.39, 0.29) is 12.1 Å². The number of thiophene rings is 1. The number of rotatable bonds is 11. The summed E-state index contributed by atoms with van der Waals surface area (Å²) in [7, 11) is -3.16. The molecule has 204 valence electrons. The van der Waals surface area contributed by atoms with Crippen LogP contribution in [0, 0.1) is 5.92 Å². The number of halogens is 1. The number of anilines is 1. The first-order chi connectivity index (χ1) is 18.6. The Bertz CT molecular complexity index is 1540. The summed E-state index contributed by atoms with van der Waals surface area (Å²) in [5.41, 5.74) is 2.47. The standard InChI is InChI=1S/C26H24ClN3O6S3/c1-36-26(32)19(13-16-5-3-2-4-6-16)24(31)28-20(14-17-7-9-18(10-8-17)30-39(33,34)35)25-29-21(15-37-25)22-11-12-23(27)38-22/h2-12,15,19-20,30H,13-14H2,1H3,(H,28,31)(H,33,34,35)/t19-,20?/m0/s1. The van der Waals surface area contributed by atoms with E-state index in [1.807, 2.05) is 46.5 Å². The zero-order chi connectivity index (χ0) is 28.0. The van der Waals surface area contributed by atoms with Crippen LogP contribution in [0.1, 0.15) is 22.2 Å². The number of esters is 1. The fraction of sp³-hybridized carbons (Fsp3) is 0.192. The highest BCUT2D eigenvalue weighted by Crippen LogP contribution is 2.34. The Kier molecular flexibility index (Phi) is 9.36. The highest BCUT2D eigenvalue weighted by Gasteiger charge is 2.31. The Labute approximate surface area is 238 Å². The second-order valence-electron chi connectivity index (χ2n) is 8.48. The third-order valence-corrected chi connectivity index (χ3v) is 8.39. The van der Waals surface area contributed by atoms with Crippen LogP contribution in [-0.4, -0.2) is 36.9 Å². The number of aromatic nitrogens is 1. The molecule has 1 amide bonds. The number of ether oxygens (including phenoxy) is 1. The van der Waals surface area contributed by atoms with Crippen LogP contribution < -0.4 is 10.0 Å². The van der Waals surface area contributed by atoms with Gasteiger partial charge in [0.1, 0.15) is 10.9 Å². The molecule has 9 nitrogen and oxygen atoms in total. The molecule has 2 aromatic carbocycles. The monoisotopic (exact) mass is 605 g/mol. The highest BCUT2D eigenvalue weighted by atomic mass is 35.5. The van der Waals surface area contributed by atoms with Gasteiger partial charge in [-0.1, -0.05) is 54.1 Å². The lowest BCUT2D eigenvalue weighted by Gasteiger charge is -2.21. The Balaban J connectivity index is 1.61. The van der Waals surface area contributed by atoms with E-state index < -0.39 is 34.1 Å². The van der Waals surface area contributed by atoms with Gasteiger partial charge in [0.15, 0.2) is 0 Å². The normalized spacial score (nSPS) is 12.9. The number of benzene rings is 2. The van der Waals surface area contributed by atoms with Crippen molar-refractivity contribution >= 4 is 62.1 Å². The van der Waals surface area contributed by atoms with E-state index in [1.54, 1.807) is 18.2 Å². The second kappa shape index (κ2) is 12.7. The maximum atomic E-state index is 13.5. The molecule has 2 aromatic heterocycles. The summed E-state index contributed by atoms with van der Waals surface area (Å²) in [5.74, 6) is -2.23. The first-order valence-corrected chi connectivity index (χ1v) is 15.1. The molecule has 13 heteroatoms. The molecule has 0 aliphatic heterocycles. The molecular formula is C26H24ClN3O6S3. The van der Waals surface area contributed by atoms with E-state index in [9.17, 15) is 18.0 Å². The number of carbonyl (C=O) groups is 2. The molecule has 0 aliphatic carbocycles. The van der Waals surface area contributed by atoms with Crippen LogP contribution in [0.15, 0.2) is 72.1 Å². The molecule has 0 bridgehead atoms. The fourth-order valence-electron chi connectivity index (χ4n) is 3.85. The van der Waals surface area contributed by atoms with E-state index in [1.165, 1.54) is 41.9 Å². The zero-order valence-electron chi connectivity index (χ0n) is 20.5. The maximum absolute atomic E-state index is 13.5. The lowest BCUT2D eigenvalue weighted by molar-refractivity contribution is -0.150. The first-order valence-electron chi connectivity index (χ1n) is 11.6. The predicted octanol–water partition coefficient (Wildman–Crippen LogP) is 5.17. The summed E-state index contributed by atoms with van der Waals surface area (Å²) in [6, 6.07) is 18.6. The summed E-state index contributed by atoms with van der Waals surface area (Å²) in [4.78, 5) is 31.7. The highest BCUT2D eigenvalue weighted by molar-refractivity contribution is 7.87. The van der Waals surface area contributed by atoms with Crippen molar-refractivity contribution in [2.24, 2.45) is 5.92 Å². The quantitative estimate of drug-likeness (QED) is 0.122. The van der Waals surface area contributed by atoms with Gasteiger partial charge in [-0.15, -0.1) is 22.7 Å². The number of carbonyl (C=O) groups excluding carboxylic acids is 2. The van der Waals surface area contributed by atoms with Crippen molar-refractivity contribution in [3.63, 3.8) is 0 Å². The Morgan fingerprint density at radius 3 is 2.33 bits per heavy atom. The molecule has 0 saturated heterocycles. The van der Waals surface area contributed by atoms with Crippen LogP contribution in [0.5, 0.6) is 0 Å². The summed E-state index contributed by atoms with van der Waals surface area (Å²) in [6.07, 6.45) is 0.466. The van der Waals surface area contributed by atoms with Crippen LogP contribution in [0.25, 0.3) is 10.6 Å². The van der Waals surface area contributed by atoms with Crippen molar-refractivity contribution in [2.45, 2.75) is 18.9 Å². The number of hydrogen-bond acceptors (Lipinski definition) is 8. The van der Waals surface area contributed by atoms with Crippen molar-refractivity contribution in [1.29, 1.82) is 0 Å². The molecule has 4 aromatic rings. The minimum absolute atomic E-state index is 0.166. The van der Waals surface area contributed by atoms with Crippen molar-refractivity contribution < 1.29 is 27.3 Å². The van der Waals surface area contributed by atoms with E-state index >= 15 is 0 Å². The largest absolute Gasteiger partial charge is 0.468 e. The molecular weight excluding hydrogens is 582 g/mol. The Hall–Kier alpha value is -3.29. The molecule has 0 aliphatic rings. The maximum Gasteiger partial charge on any atom is 0.357 e. The molecule has 0 radical (unpaired) electrons. The molecule has 1 unspecified atom stereocenters. The van der Waals surface area contributed by atoms with Crippen LogP contribution in [0.3, 0.4) is 0 Å². The molecule has 4 rings (SSSR count). The number of nitrogens with zero attached hydrogens (tertiary/aromatic N) is 1. The van der Waals surface area contributed by atoms with E-state index in [0.29, 0.717) is 21.5 Å². The number of nitrogens with one attached hydrogen (secondary N) is 2. The molecule has 0 saturated carbocycles. The lowest BCUT2D eigenvalue weighted by atomic mass is 9.97. The Morgan fingerprint density at radius 2 is 1.72 bits per heavy atom. The van der Waals surface area contributed by atoms with Gasteiger partial charge in [-0.25, -0.2) is 4.98 Å². The van der Waals surface area contributed by atoms with E-state index in [4.69, 9.17) is 25.9 Å².